The van der Waals surface area contributed by atoms with Gasteiger partial charge in [-0.1, -0.05) is 60.8 Å². The molecule has 0 aliphatic carbocycles. The van der Waals surface area contributed by atoms with E-state index in [-0.39, 0.29) is 22.9 Å². The molecule has 0 unspecified atom stereocenters. The number of aliphatic hydroxyl groups is 1. The average Bonchev–Trinajstić information content (AvgIpc) is 3.15. The van der Waals surface area contributed by atoms with Crippen LogP contribution in [0.2, 0.25) is 15.1 Å². The van der Waals surface area contributed by atoms with Gasteiger partial charge in [-0.05, 0) is 42.0 Å². The Morgan fingerprint density at radius 2 is 1.68 bits per heavy atom. The predicted molar refractivity (Wildman–Crippen MR) is 135 cm³/mol. The first kappa shape index (κ1) is 24.2. The molecule has 0 aliphatic rings. The highest BCUT2D eigenvalue weighted by molar-refractivity contribution is 6.36. The van der Waals surface area contributed by atoms with Crippen molar-refractivity contribution >= 4 is 63.3 Å². The molecule has 0 fully saturated rings. The van der Waals surface area contributed by atoms with Crippen molar-refractivity contribution in [3.8, 4) is 22.4 Å². The molecule has 0 aliphatic heterocycles. The molecule has 34 heavy (non-hydrogen) atoms. The number of hydrogen-bond acceptors (Lipinski definition) is 5. The van der Waals surface area contributed by atoms with E-state index in [9.17, 15) is 14.7 Å². The van der Waals surface area contributed by atoms with Gasteiger partial charge in [0.1, 0.15) is 12.3 Å². The number of carbonyl (C=O) groups excluding carboxylic acids is 2. The first-order valence-corrected chi connectivity index (χ1v) is 11.5. The largest absolute Gasteiger partial charge is 0.432 e. The number of fused-ring (bicyclic) bond motifs is 1. The monoisotopic (exact) mass is 516 g/mol. The van der Waals surface area contributed by atoms with Crippen molar-refractivity contribution in [2.24, 2.45) is 5.92 Å². The number of hydrogen-bond donors (Lipinski definition) is 2. The Morgan fingerprint density at radius 1 is 1.00 bits per heavy atom. The number of furan rings is 1. The highest BCUT2D eigenvalue weighted by atomic mass is 35.5. The molecule has 2 aromatic carbocycles. The summed E-state index contributed by atoms with van der Waals surface area (Å²) in [5, 5.41) is 13.7. The quantitative estimate of drug-likeness (QED) is 0.272. The summed E-state index contributed by atoms with van der Waals surface area (Å²) in [6.07, 6.45) is 0. The minimum Gasteiger partial charge on any atom is -0.432 e. The first-order valence-electron chi connectivity index (χ1n) is 10.3. The lowest BCUT2D eigenvalue weighted by atomic mass is 9.97. The number of rotatable bonds is 6. The fraction of sp³-hybridized carbons (Fsp3) is 0.160. The molecular weight excluding hydrogens is 499 g/mol. The third-order valence-electron chi connectivity index (χ3n) is 5.18. The van der Waals surface area contributed by atoms with Gasteiger partial charge in [0.15, 0.2) is 5.76 Å². The van der Waals surface area contributed by atoms with Gasteiger partial charge in [0, 0.05) is 27.1 Å². The Morgan fingerprint density at radius 3 is 2.29 bits per heavy atom. The summed E-state index contributed by atoms with van der Waals surface area (Å²) in [5.74, 6) is -1.43. The zero-order valence-corrected chi connectivity index (χ0v) is 20.4. The van der Waals surface area contributed by atoms with Gasteiger partial charge >= 0.3 is 0 Å². The Hall–Kier alpha value is -2.90. The summed E-state index contributed by atoms with van der Waals surface area (Å²) in [6.45, 7) is 2.69. The molecule has 2 aromatic heterocycles. The number of anilines is 1. The zero-order chi connectivity index (χ0) is 24.6. The average molecular weight is 518 g/mol. The summed E-state index contributed by atoms with van der Waals surface area (Å²) >= 11 is 18.7. The van der Waals surface area contributed by atoms with Crippen molar-refractivity contribution in [2.45, 2.75) is 13.8 Å². The molecule has 4 rings (SSSR count). The van der Waals surface area contributed by atoms with Gasteiger partial charge in [0.25, 0.3) is 0 Å². The Balaban J connectivity index is 2.06. The molecule has 174 valence electrons. The molecule has 0 bridgehead atoms. The van der Waals surface area contributed by atoms with Gasteiger partial charge in [-0.25, -0.2) is 4.98 Å². The maximum Gasteiger partial charge on any atom is 0.250 e. The topological polar surface area (TPSA) is 92.4 Å². The highest BCUT2D eigenvalue weighted by Gasteiger charge is 2.27. The van der Waals surface area contributed by atoms with E-state index in [1.807, 2.05) is 12.1 Å². The SMILES string of the molecule is CC(C)C(=O)c1oc2nc(-c3ccc(Cl)cc3Cl)c(-c3ccc(Cl)cc3)cc2c1NC(=O)CO. The third-order valence-corrected chi connectivity index (χ3v) is 5.98. The van der Waals surface area contributed by atoms with E-state index in [1.54, 1.807) is 50.2 Å². The number of aliphatic hydroxyl groups excluding tert-OH is 1. The van der Waals surface area contributed by atoms with E-state index >= 15 is 0 Å². The second-order valence-corrected chi connectivity index (χ2v) is 9.18. The van der Waals surface area contributed by atoms with Gasteiger partial charge < -0.3 is 14.8 Å². The van der Waals surface area contributed by atoms with Crippen molar-refractivity contribution < 1.29 is 19.1 Å². The fourth-order valence-corrected chi connectivity index (χ4v) is 4.12. The molecule has 4 aromatic rings. The fourth-order valence-electron chi connectivity index (χ4n) is 3.50. The number of nitrogens with zero attached hydrogens (tertiary/aromatic N) is 1. The minimum absolute atomic E-state index is 0.0410. The molecule has 0 radical (unpaired) electrons. The second kappa shape index (κ2) is 9.76. The number of carbonyl (C=O) groups is 2. The lowest BCUT2D eigenvalue weighted by molar-refractivity contribution is -0.118. The Labute approximate surface area is 210 Å². The molecule has 6 nitrogen and oxygen atoms in total. The molecule has 0 atom stereocenters. The van der Waals surface area contributed by atoms with Crippen molar-refractivity contribution in [1.82, 2.24) is 4.98 Å². The van der Waals surface area contributed by atoms with Gasteiger partial charge in [0.05, 0.1) is 16.1 Å². The van der Waals surface area contributed by atoms with Crippen LogP contribution < -0.4 is 5.32 Å². The van der Waals surface area contributed by atoms with E-state index in [0.29, 0.717) is 37.3 Å². The van der Waals surface area contributed by atoms with Crippen LogP contribution in [-0.2, 0) is 4.79 Å². The summed E-state index contributed by atoms with van der Waals surface area (Å²) in [6, 6.07) is 13.9. The number of pyridine rings is 1. The summed E-state index contributed by atoms with van der Waals surface area (Å²) in [4.78, 5) is 29.6. The predicted octanol–water partition coefficient (Wildman–Crippen LogP) is 6.89. The molecule has 1 amide bonds. The zero-order valence-electron chi connectivity index (χ0n) is 18.2. The molecule has 0 saturated carbocycles. The Bertz CT molecular complexity index is 1410. The smallest absolute Gasteiger partial charge is 0.250 e. The maximum absolute atomic E-state index is 12.9. The summed E-state index contributed by atoms with van der Waals surface area (Å²) < 4.78 is 5.86. The number of halogens is 3. The van der Waals surface area contributed by atoms with E-state index in [0.717, 1.165) is 5.56 Å². The summed E-state index contributed by atoms with van der Waals surface area (Å²) in [7, 11) is 0. The number of nitrogens with one attached hydrogen (secondary N) is 1. The second-order valence-electron chi connectivity index (χ2n) is 7.90. The van der Waals surface area contributed by atoms with Crippen molar-refractivity contribution in [1.29, 1.82) is 0 Å². The summed E-state index contributed by atoms with van der Waals surface area (Å²) in [5.41, 5.74) is 2.83. The molecular formula is C25H19Cl3N2O4. The molecule has 0 spiro atoms. The van der Waals surface area contributed by atoms with Crippen LogP contribution >= 0.6 is 34.8 Å². The number of amides is 1. The van der Waals surface area contributed by atoms with Crippen LogP contribution in [0.5, 0.6) is 0 Å². The Kier molecular flexibility index (Phi) is 6.96. The molecule has 2 N–H and O–H groups in total. The lowest BCUT2D eigenvalue weighted by Gasteiger charge is -2.12. The van der Waals surface area contributed by atoms with E-state index in [4.69, 9.17) is 44.2 Å². The van der Waals surface area contributed by atoms with Gasteiger partial charge in [-0.3, -0.25) is 9.59 Å². The van der Waals surface area contributed by atoms with Crippen molar-refractivity contribution in [3.63, 3.8) is 0 Å². The van der Waals surface area contributed by atoms with E-state index < -0.39 is 18.4 Å². The van der Waals surface area contributed by atoms with Crippen LogP contribution in [-0.4, -0.2) is 28.4 Å². The van der Waals surface area contributed by atoms with E-state index in [2.05, 4.69) is 5.32 Å². The maximum atomic E-state index is 12.9. The third kappa shape index (κ3) is 4.68. The van der Waals surface area contributed by atoms with Gasteiger partial charge in [-0.15, -0.1) is 0 Å². The molecule has 2 heterocycles. The van der Waals surface area contributed by atoms with Crippen molar-refractivity contribution in [3.05, 3.63) is 69.4 Å². The first-order chi connectivity index (χ1) is 16.2. The van der Waals surface area contributed by atoms with E-state index in [1.165, 1.54) is 0 Å². The van der Waals surface area contributed by atoms with Crippen LogP contribution in [0, 0.1) is 5.92 Å². The van der Waals surface area contributed by atoms with Crippen LogP contribution in [0.25, 0.3) is 33.5 Å². The molecule has 0 saturated heterocycles. The van der Waals surface area contributed by atoms with Crippen LogP contribution in [0.15, 0.2) is 52.9 Å². The molecule has 9 heteroatoms. The highest BCUT2D eigenvalue weighted by Crippen LogP contribution is 2.41. The minimum atomic E-state index is -0.752. The van der Waals surface area contributed by atoms with Crippen LogP contribution in [0.1, 0.15) is 24.4 Å². The lowest BCUT2D eigenvalue weighted by Crippen LogP contribution is -2.18. The standard InChI is InChI=1S/C25H19Cl3N2O4/c1-12(2)23(33)24-22(29-20(32)11-31)18-10-17(13-3-5-14(26)6-4-13)21(30-25(18)34-24)16-8-7-15(27)9-19(16)28/h3-10,12,31H,11H2,1-2H3,(H,29,32). The van der Waals surface area contributed by atoms with Crippen LogP contribution in [0.3, 0.4) is 0 Å². The normalized spacial score (nSPS) is 11.3. The van der Waals surface area contributed by atoms with Crippen LogP contribution in [0.4, 0.5) is 5.69 Å². The van der Waals surface area contributed by atoms with Gasteiger partial charge in [0.2, 0.25) is 17.4 Å². The van der Waals surface area contributed by atoms with Gasteiger partial charge in [-0.2, -0.15) is 0 Å². The number of ketones is 1. The van der Waals surface area contributed by atoms with Crippen molar-refractivity contribution in [2.75, 3.05) is 11.9 Å². The number of benzene rings is 2. The number of Topliss-reactive ketones (excluding diaryl/α,β-unsaturated/α-hetero) is 1. The number of aromatic nitrogens is 1.